The van der Waals surface area contributed by atoms with Gasteiger partial charge in [0.05, 0.1) is 23.3 Å². The SMILES string of the molecule is C.CCN(CC)CCCCNc1nc2c([N+](=O)[O-])cccc2nc1C1=CC=CC1.O=C(O)CC(O)(CC(=O)O)C(=O)O. The van der Waals surface area contributed by atoms with Crippen LogP contribution in [0.15, 0.2) is 36.4 Å². The fourth-order valence-electron chi connectivity index (χ4n) is 4.10. The molecule has 42 heavy (non-hydrogen) atoms. The molecule has 1 aromatic heterocycles. The van der Waals surface area contributed by atoms with Gasteiger partial charge in [0.1, 0.15) is 5.69 Å². The molecule has 0 radical (unpaired) electrons. The standard InChI is InChI=1S/C21H27N5O2.C6H8O7.CH4/c1-3-25(4-2)15-8-7-14-22-21-19(16-10-5-6-11-16)23-17-12-9-13-18(26(27)28)20(17)24-21;7-3(8)1-6(13,5(11)12)2-4(9)10;/h5-6,9-10,12-13H,3-4,7-8,11,14-15H2,1-2H3,(H,22,24);13H,1-2H2,(H,7,8)(H,9,10)(H,11,12);1H4. The maximum atomic E-state index is 11.4. The summed E-state index contributed by atoms with van der Waals surface area (Å²) in [6.45, 7) is 8.31. The fourth-order valence-corrected chi connectivity index (χ4v) is 4.10. The molecule has 0 amide bonds. The Morgan fingerprint density at radius 1 is 1.07 bits per heavy atom. The number of benzene rings is 1. The van der Waals surface area contributed by atoms with Crippen LogP contribution >= 0.6 is 0 Å². The molecule has 0 fully saturated rings. The minimum absolute atomic E-state index is 0. The number of rotatable bonds is 15. The molecule has 0 unspecified atom stereocenters. The van der Waals surface area contributed by atoms with Crippen LogP contribution in [0.3, 0.4) is 0 Å². The van der Waals surface area contributed by atoms with E-state index >= 15 is 0 Å². The van der Waals surface area contributed by atoms with Gasteiger partial charge in [-0.1, -0.05) is 45.6 Å². The van der Waals surface area contributed by atoms with E-state index in [0.717, 1.165) is 56.7 Å². The second-order valence-electron chi connectivity index (χ2n) is 9.29. The lowest BCUT2D eigenvalue weighted by Gasteiger charge is -2.18. The molecule has 0 saturated heterocycles. The van der Waals surface area contributed by atoms with Crippen LogP contribution in [0.5, 0.6) is 0 Å². The van der Waals surface area contributed by atoms with Crippen LogP contribution in [0, 0.1) is 10.1 Å². The zero-order valence-electron chi connectivity index (χ0n) is 22.9. The van der Waals surface area contributed by atoms with Crippen LogP contribution in [0.25, 0.3) is 16.6 Å². The first kappa shape index (κ1) is 35.6. The van der Waals surface area contributed by atoms with Gasteiger partial charge in [0.25, 0.3) is 5.69 Å². The van der Waals surface area contributed by atoms with E-state index < -0.39 is 41.3 Å². The highest BCUT2D eigenvalue weighted by atomic mass is 16.6. The summed E-state index contributed by atoms with van der Waals surface area (Å²) in [4.78, 5) is 53.2. The Hall–Kier alpha value is -4.43. The molecule has 1 aromatic carbocycles. The predicted octanol–water partition coefficient (Wildman–Crippen LogP) is 3.80. The molecule has 0 aliphatic heterocycles. The molecule has 14 heteroatoms. The van der Waals surface area contributed by atoms with Gasteiger partial charge < -0.3 is 30.6 Å². The number of nitrogens with zero attached hydrogens (tertiary/aromatic N) is 4. The second-order valence-corrected chi connectivity index (χ2v) is 9.29. The lowest BCUT2D eigenvalue weighted by Crippen LogP contribution is -2.42. The molecular formula is C28H39N5O9. The number of carbonyl (C=O) groups is 3. The van der Waals surface area contributed by atoms with Crippen LogP contribution in [-0.2, 0) is 14.4 Å². The van der Waals surface area contributed by atoms with E-state index in [0.29, 0.717) is 16.9 Å². The summed E-state index contributed by atoms with van der Waals surface area (Å²) in [5.41, 5.74) is -0.0250. The first-order valence-electron chi connectivity index (χ1n) is 13.1. The van der Waals surface area contributed by atoms with Crippen molar-refractivity contribution in [1.82, 2.24) is 14.9 Å². The number of para-hydroxylation sites is 1. The molecule has 3 rings (SSSR count). The summed E-state index contributed by atoms with van der Waals surface area (Å²) < 4.78 is 0. The van der Waals surface area contributed by atoms with Gasteiger partial charge in [-0.2, -0.15) is 0 Å². The summed E-state index contributed by atoms with van der Waals surface area (Å²) in [6, 6.07) is 4.90. The number of nitrogens with one attached hydrogen (secondary N) is 1. The predicted molar refractivity (Wildman–Crippen MR) is 157 cm³/mol. The lowest BCUT2D eigenvalue weighted by molar-refractivity contribution is -0.383. The smallest absolute Gasteiger partial charge is 0.336 e. The average Bonchev–Trinajstić information content (AvgIpc) is 3.44. The first-order valence-corrected chi connectivity index (χ1v) is 13.1. The minimum Gasteiger partial charge on any atom is -0.481 e. The van der Waals surface area contributed by atoms with Crippen LogP contribution in [0.4, 0.5) is 11.5 Å². The van der Waals surface area contributed by atoms with Gasteiger partial charge in [-0.05, 0) is 50.5 Å². The molecule has 0 bridgehead atoms. The van der Waals surface area contributed by atoms with Crippen molar-refractivity contribution >= 4 is 46.0 Å². The van der Waals surface area contributed by atoms with Crippen LogP contribution in [-0.4, -0.2) is 89.9 Å². The summed E-state index contributed by atoms with van der Waals surface area (Å²) in [6.07, 6.45) is 6.71. The third-order valence-electron chi connectivity index (χ3n) is 6.32. The maximum absolute atomic E-state index is 11.4. The average molecular weight is 590 g/mol. The number of carboxylic acid groups (broad SMARTS) is 3. The zero-order valence-corrected chi connectivity index (χ0v) is 22.9. The van der Waals surface area contributed by atoms with Crippen molar-refractivity contribution in [2.75, 3.05) is 31.5 Å². The van der Waals surface area contributed by atoms with E-state index in [4.69, 9.17) is 25.4 Å². The zero-order chi connectivity index (χ0) is 30.6. The number of aromatic nitrogens is 2. The Balaban J connectivity index is 0.000000537. The number of anilines is 1. The van der Waals surface area contributed by atoms with Gasteiger partial charge in [-0.25, -0.2) is 14.8 Å². The number of allylic oxidation sites excluding steroid dienone is 4. The van der Waals surface area contributed by atoms with Crippen molar-refractivity contribution < 1.29 is 39.7 Å². The summed E-state index contributed by atoms with van der Waals surface area (Å²) in [5.74, 6) is -4.39. The number of aliphatic carboxylic acids is 3. The van der Waals surface area contributed by atoms with Crippen molar-refractivity contribution in [1.29, 1.82) is 0 Å². The van der Waals surface area contributed by atoms with E-state index in [-0.39, 0.29) is 13.1 Å². The Kier molecular flexibility index (Phi) is 14.2. The number of carboxylic acids is 3. The van der Waals surface area contributed by atoms with Crippen molar-refractivity contribution in [3.63, 3.8) is 0 Å². The number of non-ortho nitro benzene ring substituents is 1. The van der Waals surface area contributed by atoms with Crippen LogP contribution in [0.1, 0.15) is 59.1 Å². The number of aliphatic hydroxyl groups is 1. The largest absolute Gasteiger partial charge is 0.481 e. The number of hydrogen-bond acceptors (Lipinski definition) is 10. The third kappa shape index (κ3) is 10.2. The van der Waals surface area contributed by atoms with Crippen molar-refractivity contribution in [2.45, 2.75) is 59.0 Å². The molecule has 0 spiro atoms. The molecule has 1 heterocycles. The summed E-state index contributed by atoms with van der Waals surface area (Å²) >= 11 is 0. The molecular weight excluding hydrogens is 550 g/mol. The van der Waals surface area contributed by atoms with E-state index in [1.54, 1.807) is 12.1 Å². The molecule has 5 N–H and O–H groups in total. The molecule has 1 aliphatic rings. The molecule has 0 atom stereocenters. The van der Waals surface area contributed by atoms with Crippen LogP contribution < -0.4 is 5.32 Å². The van der Waals surface area contributed by atoms with Gasteiger partial charge >= 0.3 is 17.9 Å². The van der Waals surface area contributed by atoms with E-state index in [9.17, 15) is 24.5 Å². The fraction of sp³-hybridized carbons (Fsp3) is 0.464. The van der Waals surface area contributed by atoms with Gasteiger partial charge in [0.2, 0.25) is 0 Å². The Morgan fingerprint density at radius 3 is 2.21 bits per heavy atom. The monoisotopic (exact) mass is 589 g/mol. The molecule has 230 valence electrons. The number of nitro groups is 1. The Bertz CT molecular complexity index is 1310. The Morgan fingerprint density at radius 2 is 1.71 bits per heavy atom. The molecule has 14 nitrogen and oxygen atoms in total. The van der Waals surface area contributed by atoms with Gasteiger partial charge in [-0.3, -0.25) is 19.7 Å². The van der Waals surface area contributed by atoms with E-state index in [2.05, 4.69) is 35.1 Å². The highest BCUT2D eigenvalue weighted by Gasteiger charge is 2.40. The number of fused-ring (bicyclic) bond motifs is 1. The normalized spacial score (nSPS) is 12.2. The quantitative estimate of drug-likeness (QED) is 0.114. The topological polar surface area (TPSA) is 216 Å². The van der Waals surface area contributed by atoms with E-state index in [1.807, 2.05) is 12.2 Å². The van der Waals surface area contributed by atoms with Gasteiger partial charge in [-0.15, -0.1) is 0 Å². The number of hydrogen-bond donors (Lipinski definition) is 5. The van der Waals surface area contributed by atoms with E-state index in [1.165, 1.54) is 6.07 Å². The highest BCUT2D eigenvalue weighted by Crippen LogP contribution is 2.31. The Labute approximate surface area is 243 Å². The lowest BCUT2D eigenvalue weighted by atomic mass is 9.96. The van der Waals surface area contributed by atoms with Gasteiger partial charge in [0.15, 0.2) is 16.9 Å². The highest BCUT2D eigenvalue weighted by molar-refractivity contribution is 5.89. The van der Waals surface area contributed by atoms with Crippen molar-refractivity contribution in [2.24, 2.45) is 0 Å². The molecule has 0 saturated carbocycles. The molecule has 2 aromatic rings. The third-order valence-corrected chi connectivity index (χ3v) is 6.32. The maximum Gasteiger partial charge on any atom is 0.336 e. The molecule has 1 aliphatic carbocycles. The van der Waals surface area contributed by atoms with Crippen LogP contribution in [0.2, 0.25) is 0 Å². The number of nitro benzene ring substituents is 1. The van der Waals surface area contributed by atoms with Crippen molar-refractivity contribution in [3.05, 3.63) is 52.2 Å². The minimum atomic E-state index is -2.74. The second kappa shape index (κ2) is 16.7. The van der Waals surface area contributed by atoms with Crippen molar-refractivity contribution in [3.8, 4) is 0 Å². The number of unbranched alkanes of at least 4 members (excludes halogenated alkanes) is 1. The summed E-state index contributed by atoms with van der Waals surface area (Å²) in [7, 11) is 0. The van der Waals surface area contributed by atoms with Gasteiger partial charge in [0, 0.05) is 12.6 Å². The summed E-state index contributed by atoms with van der Waals surface area (Å²) in [5, 5.41) is 48.6. The first-order chi connectivity index (χ1) is 19.4.